The molecule has 0 radical (unpaired) electrons. The molecule has 5 nitrogen and oxygen atoms in total. The van der Waals surface area contributed by atoms with Crippen molar-refractivity contribution in [3.8, 4) is 11.5 Å². The maximum absolute atomic E-state index is 12.3. The van der Waals surface area contributed by atoms with Gasteiger partial charge in [0.05, 0.1) is 12.6 Å². The van der Waals surface area contributed by atoms with Crippen LogP contribution in [0.4, 0.5) is 13.2 Å². The largest absolute Gasteiger partial charge is 0.490 e. The number of alkyl halides is 3. The van der Waals surface area contributed by atoms with Crippen LogP contribution in [0.2, 0.25) is 0 Å². The van der Waals surface area contributed by atoms with Crippen LogP contribution in [-0.2, 0) is 11.3 Å². The summed E-state index contributed by atoms with van der Waals surface area (Å²) in [6, 6.07) is 4.26. The van der Waals surface area contributed by atoms with Crippen molar-refractivity contribution in [3.05, 3.63) is 23.8 Å². The zero-order valence-electron chi connectivity index (χ0n) is 15.8. The molecule has 26 heavy (non-hydrogen) atoms. The van der Waals surface area contributed by atoms with Crippen LogP contribution in [-0.4, -0.2) is 36.9 Å². The third-order valence-corrected chi connectivity index (χ3v) is 3.20. The van der Waals surface area contributed by atoms with Gasteiger partial charge in [0.25, 0.3) is 0 Å². The van der Waals surface area contributed by atoms with Crippen LogP contribution in [0.15, 0.2) is 18.2 Å². The van der Waals surface area contributed by atoms with Gasteiger partial charge in [-0.3, -0.25) is 4.79 Å². The molecular formula is C18H27F3N2O3. The lowest BCUT2D eigenvalue weighted by Gasteiger charge is -2.23. The zero-order valence-corrected chi connectivity index (χ0v) is 15.8. The molecule has 1 aromatic carbocycles. The van der Waals surface area contributed by atoms with E-state index >= 15 is 0 Å². The number of benzene rings is 1. The predicted molar refractivity (Wildman–Crippen MR) is 93.4 cm³/mol. The fraction of sp³-hybridized carbons (Fsp3) is 0.611. The van der Waals surface area contributed by atoms with E-state index in [0.717, 1.165) is 5.56 Å². The lowest BCUT2D eigenvalue weighted by Crippen LogP contribution is -2.49. The maximum atomic E-state index is 12.3. The lowest BCUT2D eigenvalue weighted by molar-refractivity contribution is -0.153. The van der Waals surface area contributed by atoms with Crippen molar-refractivity contribution in [1.82, 2.24) is 10.6 Å². The van der Waals surface area contributed by atoms with E-state index in [4.69, 9.17) is 9.47 Å². The molecule has 1 rings (SSSR count). The third-order valence-electron chi connectivity index (χ3n) is 3.20. The third kappa shape index (κ3) is 8.42. The van der Waals surface area contributed by atoms with Crippen molar-refractivity contribution in [2.75, 3.05) is 13.2 Å². The Morgan fingerprint density at radius 2 is 1.81 bits per heavy atom. The van der Waals surface area contributed by atoms with Crippen molar-refractivity contribution in [2.24, 2.45) is 0 Å². The number of hydrogen-bond donors (Lipinski definition) is 2. The van der Waals surface area contributed by atoms with Gasteiger partial charge in [0.1, 0.15) is 0 Å². The minimum atomic E-state index is -4.42. The summed E-state index contributed by atoms with van der Waals surface area (Å²) in [6.45, 7) is 8.43. The van der Waals surface area contributed by atoms with Crippen molar-refractivity contribution in [3.63, 3.8) is 0 Å². The molecule has 0 bridgehead atoms. The highest BCUT2D eigenvalue weighted by atomic mass is 19.4. The number of carbonyl (C=O) groups is 1. The summed E-state index contributed by atoms with van der Waals surface area (Å²) < 4.78 is 47.1. The van der Waals surface area contributed by atoms with E-state index in [1.807, 2.05) is 20.8 Å². The number of rotatable bonds is 8. The van der Waals surface area contributed by atoms with Crippen molar-refractivity contribution in [1.29, 1.82) is 0 Å². The number of amides is 1. The molecule has 0 saturated heterocycles. The van der Waals surface area contributed by atoms with E-state index < -0.39 is 18.8 Å². The van der Waals surface area contributed by atoms with E-state index in [0.29, 0.717) is 13.2 Å². The van der Waals surface area contributed by atoms with Crippen LogP contribution < -0.4 is 20.1 Å². The van der Waals surface area contributed by atoms with Gasteiger partial charge >= 0.3 is 6.18 Å². The van der Waals surface area contributed by atoms with E-state index in [1.54, 1.807) is 26.0 Å². The van der Waals surface area contributed by atoms with Gasteiger partial charge in [-0.2, -0.15) is 13.2 Å². The van der Waals surface area contributed by atoms with Crippen LogP contribution in [0.25, 0.3) is 0 Å². The minimum absolute atomic E-state index is 0.0337. The summed E-state index contributed by atoms with van der Waals surface area (Å²) in [5.41, 5.74) is 0.440. The van der Waals surface area contributed by atoms with Gasteiger partial charge < -0.3 is 20.1 Å². The van der Waals surface area contributed by atoms with Gasteiger partial charge in [-0.05, 0) is 52.3 Å². The average molecular weight is 376 g/mol. The zero-order chi connectivity index (χ0) is 20.0. The molecule has 0 heterocycles. The SMILES string of the molecule is CCOc1cc(CNC(C)C(=O)NC(C)(C)C)ccc1OCC(F)(F)F. The van der Waals surface area contributed by atoms with Crippen molar-refractivity contribution in [2.45, 2.75) is 58.9 Å². The lowest BCUT2D eigenvalue weighted by atomic mass is 10.1. The van der Waals surface area contributed by atoms with Gasteiger partial charge in [0.15, 0.2) is 18.1 Å². The Morgan fingerprint density at radius 3 is 2.35 bits per heavy atom. The summed E-state index contributed by atoms with van der Waals surface area (Å²) in [5.74, 6) is 0.141. The number of carbonyl (C=O) groups excluding carboxylic acids is 1. The Balaban J connectivity index is 2.72. The number of ether oxygens (including phenoxy) is 2. The molecule has 1 atom stereocenters. The number of hydrogen-bond acceptors (Lipinski definition) is 4. The fourth-order valence-electron chi connectivity index (χ4n) is 2.05. The van der Waals surface area contributed by atoms with E-state index in [2.05, 4.69) is 10.6 Å². The van der Waals surface area contributed by atoms with Crippen molar-refractivity contribution >= 4 is 5.91 Å². The summed E-state index contributed by atoms with van der Waals surface area (Å²) in [5, 5.41) is 5.95. The van der Waals surface area contributed by atoms with Gasteiger partial charge in [-0.15, -0.1) is 0 Å². The average Bonchev–Trinajstić information content (AvgIpc) is 2.49. The normalized spacial score (nSPS) is 13.2. The first-order valence-corrected chi connectivity index (χ1v) is 8.42. The molecular weight excluding hydrogens is 349 g/mol. The number of nitrogens with one attached hydrogen (secondary N) is 2. The Hall–Kier alpha value is -1.96. The van der Waals surface area contributed by atoms with Crippen LogP contribution in [0, 0.1) is 0 Å². The van der Waals surface area contributed by atoms with Crippen LogP contribution in [0.1, 0.15) is 40.2 Å². The molecule has 2 N–H and O–H groups in total. The molecule has 1 amide bonds. The molecule has 0 aliphatic heterocycles. The molecule has 0 aliphatic rings. The fourth-order valence-corrected chi connectivity index (χ4v) is 2.05. The molecule has 0 fully saturated rings. The van der Waals surface area contributed by atoms with Crippen LogP contribution >= 0.6 is 0 Å². The smallest absolute Gasteiger partial charge is 0.422 e. The molecule has 0 aliphatic carbocycles. The predicted octanol–water partition coefficient (Wildman–Crippen LogP) is 3.42. The monoisotopic (exact) mass is 376 g/mol. The number of halogens is 3. The molecule has 0 spiro atoms. The molecule has 1 unspecified atom stereocenters. The Labute approximate surface area is 152 Å². The van der Waals surface area contributed by atoms with Gasteiger partial charge in [-0.1, -0.05) is 6.07 Å². The first-order chi connectivity index (χ1) is 11.9. The molecule has 0 aromatic heterocycles. The quantitative estimate of drug-likeness (QED) is 0.730. The topological polar surface area (TPSA) is 59.6 Å². The summed E-state index contributed by atoms with van der Waals surface area (Å²) in [7, 11) is 0. The molecule has 8 heteroatoms. The maximum Gasteiger partial charge on any atom is 0.422 e. The Kier molecular flexibility index (Phi) is 7.74. The molecule has 148 valence electrons. The van der Waals surface area contributed by atoms with Crippen molar-refractivity contribution < 1.29 is 27.4 Å². The summed E-state index contributed by atoms with van der Waals surface area (Å²) in [4.78, 5) is 12.1. The minimum Gasteiger partial charge on any atom is -0.490 e. The highest BCUT2D eigenvalue weighted by Gasteiger charge is 2.29. The highest BCUT2D eigenvalue weighted by molar-refractivity contribution is 5.81. The molecule has 0 saturated carbocycles. The standard InChI is InChI=1S/C18H27F3N2O3/c1-6-25-15-9-13(7-8-14(15)26-11-18(19,20)21)10-22-12(2)16(24)23-17(3,4)5/h7-9,12,22H,6,10-11H2,1-5H3,(H,23,24). The van der Waals surface area contributed by atoms with Gasteiger partial charge in [-0.25, -0.2) is 0 Å². The molecule has 1 aromatic rings. The summed E-state index contributed by atoms with van der Waals surface area (Å²) >= 11 is 0. The second kappa shape index (κ2) is 9.12. The highest BCUT2D eigenvalue weighted by Crippen LogP contribution is 2.30. The van der Waals surface area contributed by atoms with E-state index in [9.17, 15) is 18.0 Å². The first-order valence-electron chi connectivity index (χ1n) is 8.42. The first kappa shape index (κ1) is 22.1. The Bertz CT molecular complexity index is 598. The summed E-state index contributed by atoms with van der Waals surface area (Å²) in [6.07, 6.45) is -4.42. The van der Waals surface area contributed by atoms with E-state index in [1.165, 1.54) is 6.07 Å². The van der Waals surface area contributed by atoms with Gasteiger partial charge in [0.2, 0.25) is 5.91 Å². The van der Waals surface area contributed by atoms with Crippen LogP contribution in [0.5, 0.6) is 11.5 Å². The second-order valence-electron chi connectivity index (χ2n) is 6.96. The van der Waals surface area contributed by atoms with Crippen LogP contribution in [0.3, 0.4) is 0 Å². The Morgan fingerprint density at radius 1 is 1.15 bits per heavy atom. The van der Waals surface area contributed by atoms with E-state index in [-0.39, 0.29) is 22.9 Å². The second-order valence-corrected chi connectivity index (χ2v) is 6.96. The van der Waals surface area contributed by atoms with Gasteiger partial charge in [0, 0.05) is 12.1 Å².